The number of nitrogens with zero attached hydrogens (tertiary/aromatic N) is 2. The number of benzene rings is 3. The quantitative estimate of drug-likeness (QED) is 0.249. The smallest absolute Gasteiger partial charge is 0.237 e. The predicted molar refractivity (Wildman–Crippen MR) is 149 cm³/mol. The molecule has 1 atom stereocenters. The molecular weight excluding hydrogens is 477 g/mol. The summed E-state index contributed by atoms with van der Waals surface area (Å²) in [5, 5.41) is 16.5. The van der Waals surface area contributed by atoms with Gasteiger partial charge in [0.1, 0.15) is 11.9 Å². The average molecular weight is 506 g/mol. The van der Waals surface area contributed by atoms with Crippen molar-refractivity contribution in [1.82, 2.24) is 15.3 Å². The third-order valence-electron chi connectivity index (χ3n) is 6.26. The number of fused-ring (bicyclic) bond motifs is 2. The molecule has 3 aromatic carbocycles. The van der Waals surface area contributed by atoms with E-state index in [2.05, 4.69) is 26.7 Å². The number of hydrogen-bond donors (Lipinski definition) is 3. The molecule has 0 fully saturated rings. The topological polar surface area (TPSA) is 85.8 Å². The summed E-state index contributed by atoms with van der Waals surface area (Å²) in [5.41, 5.74) is 5.40. The molecule has 0 amide bonds. The molecule has 1 aliphatic heterocycles. The Balaban J connectivity index is 0.000000433. The summed E-state index contributed by atoms with van der Waals surface area (Å²) in [7, 11) is 0. The third kappa shape index (κ3) is 6.36. The summed E-state index contributed by atoms with van der Waals surface area (Å²) in [6.07, 6.45) is 2.64. The van der Waals surface area contributed by atoms with Gasteiger partial charge in [-0.3, -0.25) is 0 Å². The Morgan fingerprint density at radius 3 is 2.50 bits per heavy atom. The lowest BCUT2D eigenvalue weighted by Crippen LogP contribution is -2.40. The molecule has 0 radical (unpaired) electrons. The summed E-state index contributed by atoms with van der Waals surface area (Å²) in [4.78, 5) is 7.80. The Kier molecular flexibility index (Phi) is 7.92. The number of hydrogen-bond acceptors (Lipinski definition) is 5. The highest BCUT2D eigenvalue weighted by Gasteiger charge is 2.21. The summed E-state index contributed by atoms with van der Waals surface area (Å²) >= 11 is 0. The molecular formula is C31H28FN5O. The second kappa shape index (κ2) is 12.0. The number of aromatic amines is 1. The maximum atomic E-state index is 13.5. The Morgan fingerprint density at radius 2 is 1.76 bits per heavy atom. The summed E-state index contributed by atoms with van der Waals surface area (Å²) < 4.78 is 19.5. The average Bonchev–Trinajstić information content (AvgIpc) is 3.40. The van der Waals surface area contributed by atoms with E-state index in [4.69, 9.17) is 10.00 Å². The van der Waals surface area contributed by atoms with Gasteiger partial charge in [-0.25, -0.2) is 9.37 Å². The number of rotatable bonds is 6. The van der Waals surface area contributed by atoms with E-state index >= 15 is 0 Å². The van der Waals surface area contributed by atoms with Crippen molar-refractivity contribution in [2.75, 3.05) is 25.0 Å². The van der Waals surface area contributed by atoms with Gasteiger partial charge >= 0.3 is 0 Å². The Hall–Kier alpha value is -4.67. The van der Waals surface area contributed by atoms with Gasteiger partial charge in [0.15, 0.2) is 0 Å². The van der Waals surface area contributed by atoms with E-state index in [1.807, 2.05) is 72.8 Å². The number of nitriles is 1. The van der Waals surface area contributed by atoms with E-state index in [0.717, 1.165) is 40.8 Å². The van der Waals surface area contributed by atoms with Gasteiger partial charge in [-0.2, -0.15) is 5.26 Å². The van der Waals surface area contributed by atoms with E-state index < -0.39 is 0 Å². The Labute approximate surface area is 221 Å². The van der Waals surface area contributed by atoms with E-state index in [9.17, 15) is 4.39 Å². The maximum absolute atomic E-state index is 13.5. The van der Waals surface area contributed by atoms with Gasteiger partial charge in [0.05, 0.1) is 23.9 Å². The molecule has 0 bridgehead atoms. The number of aromatic nitrogens is 2. The lowest BCUT2D eigenvalue weighted by atomic mass is 10.1. The molecule has 6 nitrogen and oxygen atoms in total. The standard InChI is InChI=1S/C25H22FN5O.C6H6/c26-20-5-6-22-18(9-20)10-23(31-22)19-11-24-25(30-13-19)32-21(15-29-24)14-28-8-7-16-1-3-17(12-27)4-2-16;1-2-4-6-5-3-1/h1-6,9-11,13,21,28-29,31H,7-8,14-15H2;1-6H/t21-;/m1./s1. The lowest BCUT2D eigenvalue weighted by molar-refractivity contribution is 0.194. The fourth-order valence-corrected chi connectivity index (χ4v) is 4.24. The zero-order chi connectivity index (χ0) is 26.2. The normalized spacial score (nSPS) is 13.8. The Morgan fingerprint density at radius 1 is 1.00 bits per heavy atom. The summed E-state index contributed by atoms with van der Waals surface area (Å²) in [6, 6.07) is 30.4. The van der Waals surface area contributed by atoms with E-state index in [1.54, 1.807) is 12.3 Å². The van der Waals surface area contributed by atoms with Crippen LogP contribution in [0.1, 0.15) is 11.1 Å². The van der Waals surface area contributed by atoms with Crippen LogP contribution >= 0.6 is 0 Å². The SMILES string of the molecule is N#Cc1ccc(CCNC[C@@H]2CNc3cc(-c4cc5cc(F)ccc5[nH]4)cnc3O2)cc1.c1ccccc1. The van der Waals surface area contributed by atoms with Crippen LogP contribution in [0.15, 0.2) is 97.2 Å². The largest absolute Gasteiger partial charge is 0.470 e. The van der Waals surface area contributed by atoms with Crippen LogP contribution in [-0.2, 0) is 6.42 Å². The highest BCUT2D eigenvalue weighted by molar-refractivity contribution is 5.86. The van der Waals surface area contributed by atoms with E-state index in [0.29, 0.717) is 24.5 Å². The van der Waals surface area contributed by atoms with Crippen LogP contribution in [0, 0.1) is 17.1 Å². The van der Waals surface area contributed by atoms with Gasteiger partial charge in [0.25, 0.3) is 0 Å². The van der Waals surface area contributed by atoms with Gasteiger partial charge in [-0.05, 0) is 61.0 Å². The van der Waals surface area contributed by atoms with Crippen molar-refractivity contribution in [3.05, 3.63) is 114 Å². The molecule has 0 saturated carbocycles. The molecule has 1 aliphatic rings. The van der Waals surface area contributed by atoms with Crippen molar-refractivity contribution in [3.8, 4) is 23.2 Å². The molecule has 0 aliphatic carbocycles. The molecule has 7 heteroatoms. The van der Waals surface area contributed by atoms with Crippen molar-refractivity contribution in [3.63, 3.8) is 0 Å². The fourth-order valence-electron chi connectivity index (χ4n) is 4.24. The molecule has 6 rings (SSSR count). The lowest BCUT2D eigenvalue weighted by Gasteiger charge is -2.27. The van der Waals surface area contributed by atoms with Crippen LogP contribution in [0.4, 0.5) is 10.1 Å². The molecule has 2 aromatic heterocycles. The summed E-state index contributed by atoms with van der Waals surface area (Å²) in [6.45, 7) is 2.21. The predicted octanol–water partition coefficient (Wildman–Crippen LogP) is 5.93. The van der Waals surface area contributed by atoms with Crippen LogP contribution < -0.4 is 15.4 Å². The van der Waals surface area contributed by atoms with Gasteiger partial charge in [-0.1, -0.05) is 48.5 Å². The minimum Gasteiger partial charge on any atom is -0.470 e. The molecule has 190 valence electrons. The second-order valence-corrected chi connectivity index (χ2v) is 9.03. The van der Waals surface area contributed by atoms with Gasteiger partial charge in [-0.15, -0.1) is 0 Å². The van der Waals surface area contributed by atoms with Gasteiger partial charge < -0.3 is 20.4 Å². The highest BCUT2D eigenvalue weighted by atomic mass is 19.1. The van der Waals surface area contributed by atoms with Crippen molar-refractivity contribution >= 4 is 16.6 Å². The van der Waals surface area contributed by atoms with E-state index in [1.165, 1.54) is 17.7 Å². The Bertz CT molecular complexity index is 1500. The molecule has 3 N–H and O–H groups in total. The second-order valence-electron chi connectivity index (χ2n) is 9.03. The van der Waals surface area contributed by atoms with Gasteiger partial charge in [0.2, 0.25) is 5.88 Å². The van der Waals surface area contributed by atoms with Crippen LogP contribution in [0.25, 0.3) is 22.2 Å². The first-order valence-electron chi connectivity index (χ1n) is 12.6. The molecule has 38 heavy (non-hydrogen) atoms. The zero-order valence-electron chi connectivity index (χ0n) is 20.8. The maximum Gasteiger partial charge on any atom is 0.237 e. The number of H-pyrrole nitrogens is 1. The van der Waals surface area contributed by atoms with Crippen LogP contribution in [0.3, 0.4) is 0 Å². The minimum absolute atomic E-state index is 0.0159. The van der Waals surface area contributed by atoms with Crippen LogP contribution in [0.2, 0.25) is 0 Å². The first kappa shape index (κ1) is 25.0. The number of pyridine rings is 1. The molecule has 0 unspecified atom stereocenters. The molecule has 0 spiro atoms. The molecule has 0 saturated heterocycles. The minimum atomic E-state index is -0.252. The van der Waals surface area contributed by atoms with E-state index in [-0.39, 0.29) is 11.9 Å². The number of anilines is 1. The van der Waals surface area contributed by atoms with Crippen molar-refractivity contribution in [2.24, 2.45) is 0 Å². The third-order valence-corrected chi connectivity index (χ3v) is 6.26. The molecule has 3 heterocycles. The first-order valence-corrected chi connectivity index (χ1v) is 12.6. The number of ether oxygens (including phenoxy) is 1. The highest BCUT2D eigenvalue weighted by Crippen LogP contribution is 2.32. The van der Waals surface area contributed by atoms with Crippen molar-refractivity contribution in [2.45, 2.75) is 12.5 Å². The zero-order valence-corrected chi connectivity index (χ0v) is 20.8. The monoisotopic (exact) mass is 505 g/mol. The number of halogens is 1. The number of nitrogens with one attached hydrogen (secondary N) is 3. The van der Waals surface area contributed by atoms with Crippen LogP contribution in [-0.4, -0.2) is 35.7 Å². The van der Waals surface area contributed by atoms with Crippen molar-refractivity contribution in [1.29, 1.82) is 5.26 Å². The first-order chi connectivity index (χ1) is 18.7. The van der Waals surface area contributed by atoms with Crippen LogP contribution in [0.5, 0.6) is 5.88 Å². The molecule has 5 aromatic rings. The van der Waals surface area contributed by atoms with Crippen molar-refractivity contribution < 1.29 is 9.13 Å². The summed E-state index contributed by atoms with van der Waals surface area (Å²) in [5.74, 6) is 0.333. The van der Waals surface area contributed by atoms with Gasteiger partial charge in [0, 0.05) is 34.9 Å². The fraction of sp³-hybridized carbons (Fsp3) is 0.161.